The molecule has 0 saturated heterocycles. The first-order valence-corrected chi connectivity index (χ1v) is 6.96. The maximum Gasteiger partial charge on any atom is 0.269 e. The molecular weight excluding hydrogens is 278 g/mol. The van der Waals surface area contributed by atoms with Gasteiger partial charge in [0.2, 0.25) is 5.91 Å². The smallest absolute Gasteiger partial charge is 0.269 e. The van der Waals surface area contributed by atoms with Crippen molar-refractivity contribution in [3.05, 3.63) is 71.8 Å². The Kier molecular flexibility index (Phi) is 4.20. The summed E-state index contributed by atoms with van der Waals surface area (Å²) in [4.78, 5) is 12.6. The van der Waals surface area contributed by atoms with Crippen molar-refractivity contribution in [3.8, 4) is 0 Å². The standard InChI is InChI=1S/C16H15N5O/c22-15(17-16-18-20-21-19-16)14(13-9-5-2-6-10-13)11-12-7-3-1-4-8-12/h1-10,14H,11H2,(H2,17,18,19,20,21,22). The van der Waals surface area contributed by atoms with Crippen molar-refractivity contribution in [2.45, 2.75) is 12.3 Å². The minimum absolute atomic E-state index is 0.156. The van der Waals surface area contributed by atoms with E-state index in [1.807, 2.05) is 60.7 Å². The minimum Gasteiger partial charge on any atom is -0.291 e. The summed E-state index contributed by atoms with van der Waals surface area (Å²) in [5.74, 6) is -0.294. The highest BCUT2D eigenvalue weighted by Crippen LogP contribution is 2.22. The Morgan fingerprint density at radius 3 is 2.36 bits per heavy atom. The van der Waals surface area contributed by atoms with Gasteiger partial charge in [0.15, 0.2) is 0 Å². The number of aromatic nitrogens is 4. The molecule has 2 aromatic carbocycles. The van der Waals surface area contributed by atoms with E-state index in [2.05, 4.69) is 25.9 Å². The van der Waals surface area contributed by atoms with Crippen molar-refractivity contribution in [2.24, 2.45) is 0 Å². The Bertz CT molecular complexity index is 713. The van der Waals surface area contributed by atoms with Crippen LogP contribution in [0.4, 0.5) is 5.95 Å². The third-order valence-corrected chi connectivity index (χ3v) is 3.38. The minimum atomic E-state index is -0.318. The molecule has 6 heteroatoms. The molecule has 2 N–H and O–H groups in total. The second-order valence-electron chi connectivity index (χ2n) is 4.88. The topological polar surface area (TPSA) is 83.6 Å². The van der Waals surface area contributed by atoms with E-state index in [-0.39, 0.29) is 17.8 Å². The van der Waals surface area contributed by atoms with Crippen LogP contribution in [0.15, 0.2) is 60.7 Å². The Balaban J connectivity index is 1.84. The maximum absolute atomic E-state index is 12.6. The summed E-state index contributed by atoms with van der Waals surface area (Å²) in [6.07, 6.45) is 0.606. The monoisotopic (exact) mass is 293 g/mol. The fourth-order valence-corrected chi connectivity index (χ4v) is 2.31. The van der Waals surface area contributed by atoms with E-state index in [0.717, 1.165) is 11.1 Å². The van der Waals surface area contributed by atoms with Gasteiger partial charge in [-0.3, -0.25) is 10.1 Å². The molecule has 1 heterocycles. The van der Waals surface area contributed by atoms with Crippen LogP contribution in [0.25, 0.3) is 0 Å². The number of carbonyl (C=O) groups is 1. The molecule has 22 heavy (non-hydrogen) atoms. The van der Waals surface area contributed by atoms with Gasteiger partial charge in [-0.1, -0.05) is 65.8 Å². The van der Waals surface area contributed by atoms with Crippen LogP contribution in [-0.2, 0) is 11.2 Å². The second-order valence-corrected chi connectivity index (χ2v) is 4.88. The van der Waals surface area contributed by atoms with Crippen LogP contribution < -0.4 is 5.32 Å². The van der Waals surface area contributed by atoms with Gasteiger partial charge in [0.25, 0.3) is 5.95 Å². The van der Waals surface area contributed by atoms with Crippen molar-refractivity contribution in [1.82, 2.24) is 20.6 Å². The highest BCUT2D eigenvalue weighted by molar-refractivity contribution is 5.94. The number of nitrogens with zero attached hydrogens (tertiary/aromatic N) is 3. The zero-order chi connectivity index (χ0) is 15.2. The first kappa shape index (κ1) is 13.9. The van der Waals surface area contributed by atoms with E-state index in [4.69, 9.17) is 0 Å². The number of carbonyl (C=O) groups excluding carboxylic acids is 1. The van der Waals surface area contributed by atoms with Gasteiger partial charge in [-0.05, 0) is 22.8 Å². The van der Waals surface area contributed by atoms with E-state index >= 15 is 0 Å². The van der Waals surface area contributed by atoms with Crippen LogP contribution in [-0.4, -0.2) is 26.5 Å². The summed E-state index contributed by atoms with van der Waals surface area (Å²) in [7, 11) is 0. The average Bonchev–Trinajstić information content (AvgIpc) is 3.07. The molecule has 0 aliphatic carbocycles. The van der Waals surface area contributed by atoms with E-state index in [9.17, 15) is 4.79 Å². The third-order valence-electron chi connectivity index (χ3n) is 3.38. The molecule has 3 rings (SSSR count). The Morgan fingerprint density at radius 2 is 1.73 bits per heavy atom. The molecule has 1 atom stereocenters. The van der Waals surface area contributed by atoms with Crippen LogP contribution >= 0.6 is 0 Å². The quantitative estimate of drug-likeness (QED) is 0.755. The number of anilines is 1. The summed E-state index contributed by atoms with van der Waals surface area (Å²) in [6, 6.07) is 19.6. The van der Waals surface area contributed by atoms with E-state index in [1.54, 1.807) is 0 Å². The van der Waals surface area contributed by atoms with Gasteiger partial charge in [-0.15, -0.1) is 5.10 Å². The molecule has 110 valence electrons. The molecule has 0 radical (unpaired) electrons. The zero-order valence-electron chi connectivity index (χ0n) is 11.8. The van der Waals surface area contributed by atoms with Crippen LogP contribution in [0.3, 0.4) is 0 Å². The molecule has 0 saturated carbocycles. The number of H-pyrrole nitrogens is 1. The molecule has 1 amide bonds. The van der Waals surface area contributed by atoms with Gasteiger partial charge in [-0.2, -0.15) is 5.21 Å². The van der Waals surface area contributed by atoms with Crippen LogP contribution in [0, 0.1) is 0 Å². The molecule has 6 nitrogen and oxygen atoms in total. The summed E-state index contributed by atoms with van der Waals surface area (Å²) in [6.45, 7) is 0. The Morgan fingerprint density at radius 1 is 1.05 bits per heavy atom. The van der Waals surface area contributed by atoms with E-state index < -0.39 is 0 Å². The molecule has 0 bridgehead atoms. The molecule has 3 aromatic rings. The number of hydrogen-bond acceptors (Lipinski definition) is 4. The van der Waals surface area contributed by atoms with Gasteiger partial charge >= 0.3 is 0 Å². The predicted octanol–water partition coefficient (Wildman–Crippen LogP) is 2.16. The van der Waals surface area contributed by atoms with Crippen molar-refractivity contribution < 1.29 is 4.79 Å². The van der Waals surface area contributed by atoms with Crippen LogP contribution in [0.5, 0.6) is 0 Å². The number of benzene rings is 2. The highest BCUT2D eigenvalue weighted by atomic mass is 16.2. The fraction of sp³-hybridized carbons (Fsp3) is 0.125. The normalized spacial score (nSPS) is 11.8. The fourth-order valence-electron chi connectivity index (χ4n) is 2.31. The molecule has 0 fully saturated rings. The van der Waals surface area contributed by atoms with Crippen LogP contribution in [0.2, 0.25) is 0 Å². The Hall–Kier alpha value is -3.02. The number of amides is 1. The average molecular weight is 293 g/mol. The van der Waals surface area contributed by atoms with Gasteiger partial charge in [0, 0.05) is 0 Å². The lowest BCUT2D eigenvalue weighted by atomic mass is 9.91. The predicted molar refractivity (Wildman–Crippen MR) is 82.1 cm³/mol. The third kappa shape index (κ3) is 3.35. The van der Waals surface area contributed by atoms with Gasteiger partial charge in [0.1, 0.15) is 0 Å². The van der Waals surface area contributed by atoms with Crippen molar-refractivity contribution in [3.63, 3.8) is 0 Å². The molecule has 0 aliphatic rings. The summed E-state index contributed by atoms with van der Waals surface area (Å²) >= 11 is 0. The lowest BCUT2D eigenvalue weighted by Crippen LogP contribution is -2.23. The number of hydrogen-bond donors (Lipinski definition) is 2. The molecule has 0 spiro atoms. The summed E-state index contributed by atoms with van der Waals surface area (Å²) in [5, 5.41) is 16.0. The lowest BCUT2D eigenvalue weighted by Gasteiger charge is -2.16. The highest BCUT2D eigenvalue weighted by Gasteiger charge is 2.22. The SMILES string of the molecule is O=C(Nc1nn[nH]n1)C(Cc1ccccc1)c1ccccc1. The number of tetrazole rings is 1. The Labute approximate surface area is 127 Å². The number of aromatic amines is 1. The van der Waals surface area contributed by atoms with Crippen LogP contribution in [0.1, 0.15) is 17.0 Å². The lowest BCUT2D eigenvalue weighted by molar-refractivity contribution is -0.117. The van der Waals surface area contributed by atoms with E-state index in [0.29, 0.717) is 6.42 Å². The summed E-state index contributed by atoms with van der Waals surface area (Å²) in [5.41, 5.74) is 2.05. The zero-order valence-corrected chi connectivity index (χ0v) is 11.8. The first-order chi connectivity index (χ1) is 10.8. The van der Waals surface area contributed by atoms with Gasteiger partial charge in [-0.25, -0.2) is 0 Å². The van der Waals surface area contributed by atoms with Crippen molar-refractivity contribution in [2.75, 3.05) is 5.32 Å². The van der Waals surface area contributed by atoms with Gasteiger partial charge < -0.3 is 0 Å². The second kappa shape index (κ2) is 6.62. The van der Waals surface area contributed by atoms with Crippen molar-refractivity contribution in [1.29, 1.82) is 0 Å². The largest absolute Gasteiger partial charge is 0.291 e. The summed E-state index contributed by atoms with van der Waals surface area (Å²) < 4.78 is 0. The molecule has 1 aromatic heterocycles. The maximum atomic E-state index is 12.6. The molecule has 1 unspecified atom stereocenters. The van der Waals surface area contributed by atoms with E-state index in [1.165, 1.54) is 0 Å². The van der Waals surface area contributed by atoms with Crippen molar-refractivity contribution >= 4 is 11.9 Å². The number of rotatable bonds is 5. The van der Waals surface area contributed by atoms with Gasteiger partial charge in [0.05, 0.1) is 5.92 Å². The molecular formula is C16H15N5O. The molecule has 0 aliphatic heterocycles. The first-order valence-electron chi connectivity index (χ1n) is 6.96. The number of nitrogens with one attached hydrogen (secondary N) is 2.